The third-order valence-electron chi connectivity index (χ3n) is 3.88. The molecule has 0 unspecified atom stereocenters. The number of benzene rings is 2. The van der Waals surface area contributed by atoms with Gasteiger partial charge in [0.05, 0.1) is 6.04 Å². The minimum absolute atomic E-state index is 0.00617. The number of hydrogen-bond acceptors (Lipinski definition) is 2. The summed E-state index contributed by atoms with van der Waals surface area (Å²) in [4.78, 5) is 12.4. The van der Waals surface area contributed by atoms with Crippen molar-refractivity contribution in [1.82, 2.24) is 5.32 Å². The largest absolute Gasteiger partial charge is 0.481 e. The van der Waals surface area contributed by atoms with Gasteiger partial charge in [0, 0.05) is 0 Å². The van der Waals surface area contributed by atoms with E-state index in [0.717, 1.165) is 23.3 Å². The van der Waals surface area contributed by atoms with Gasteiger partial charge in [-0.3, -0.25) is 4.79 Å². The van der Waals surface area contributed by atoms with Crippen molar-refractivity contribution in [3.8, 4) is 5.75 Å². The van der Waals surface area contributed by atoms with Crippen LogP contribution >= 0.6 is 0 Å². The van der Waals surface area contributed by atoms with E-state index in [1.165, 1.54) is 5.56 Å². The molecular formula is C20H25NO2. The Kier molecular flexibility index (Phi) is 5.80. The molecule has 122 valence electrons. The van der Waals surface area contributed by atoms with Crippen molar-refractivity contribution >= 4 is 5.91 Å². The van der Waals surface area contributed by atoms with Gasteiger partial charge in [-0.25, -0.2) is 0 Å². The van der Waals surface area contributed by atoms with Gasteiger partial charge in [0.2, 0.25) is 0 Å². The maximum Gasteiger partial charge on any atom is 0.261 e. The van der Waals surface area contributed by atoms with Crippen LogP contribution in [0.25, 0.3) is 0 Å². The lowest BCUT2D eigenvalue weighted by molar-refractivity contribution is -0.128. The van der Waals surface area contributed by atoms with Gasteiger partial charge < -0.3 is 10.1 Å². The molecule has 0 aliphatic rings. The van der Waals surface area contributed by atoms with Crippen molar-refractivity contribution in [1.29, 1.82) is 0 Å². The van der Waals surface area contributed by atoms with Gasteiger partial charge in [-0.15, -0.1) is 0 Å². The van der Waals surface area contributed by atoms with Crippen molar-refractivity contribution in [2.75, 3.05) is 0 Å². The number of aryl methyl sites for hydroxylation is 2. The Morgan fingerprint density at radius 3 is 2.39 bits per heavy atom. The molecule has 0 aromatic heterocycles. The summed E-state index contributed by atoms with van der Waals surface area (Å²) < 4.78 is 5.75. The fourth-order valence-corrected chi connectivity index (χ4v) is 2.46. The number of rotatable bonds is 6. The molecule has 0 aliphatic carbocycles. The van der Waals surface area contributed by atoms with E-state index >= 15 is 0 Å². The first-order valence-corrected chi connectivity index (χ1v) is 8.10. The van der Waals surface area contributed by atoms with Crippen molar-refractivity contribution in [2.24, 2.45) is 0 Å². The van der Waals surface area contributed by atoms with Gasteiger partial charge in [0.15, 0.2) is 6.10 Å². The predicted octanol–water partition coefficient (Wildman–Crippen LogP) is 4.34. The highest BCUT2D eigenvalue weighted by molar-refractivity contribution is 5.81. The molecule has 1 N–H and O–H groups in total. The van der Waals surface area contributed by atoms with Crippen molar-refractivity contribution < 1.29 is 9.53 Å². The standard InChI is InChI=1S/C20H25NO2/c1-5-19(17-11-9-14(2)10-12-17)21-20(22)16(4)23-18-8-6-7-15(3)13-18/h6-13,16,19H,5H2,1-4H3,(H,21,22)/t16-,19-/m0/s1. The van der Waals surface area contributed by atoms with E-state index in [9.17, 15) is 4.79 Å². The van der Waals surface area contributed by atoms with Crippen LogP contribution < -0.4 is 10.1 Å². The Morgan fingerprint density at radius 2 is 1.78 bits per heavy atom. The minimum atomic E-state index is -0.531. The smallest absolute Gasteiger partial charge is 0.261 e. The van der Waals surface area contributed by atoms with E-state index in [2.05, 4.69) is 43.4 Å². The van der Waals surface area contributed by atoms with Gasteiger partial charge in [0.1, 0.15) is 5.75 Å². The Balaban J connectivity index is 1.99. The average Bonchev–Trinajstić information content (AvgIpc) is 2.53. The summed E-state index contributed by atoms with van der Waals surface area (Å²) >= 11 is 0. The molecule has 0 aliphatic heterocycles. The zero-order valence-electron chi connectivity index (χ0n) is 14.3. The fourth-order valence-electron chi connectivity index (χ4n) is 2.46. The van der Waals surface area contributed by atoms with Gasteiger partial charge >= 0.3 is 0 Å². The van der Waals surface area contributed by atoms with E-state index in [1.807, 2.05) is 31.2 Å². The average molecular weight is 311 g/mol. The molecule has 0 saturated heterocycles. The Bertz CT molecular complexity index is 649. The van der Waals surface area contributed by atoms with E-state index in [0.29, 0.717) is 0 Å². The molecular weight excluding hydrogens is 286 g/mol. The first-order valence-electron chi connectivity index (χ1n) is 8.10. The monoisotopic (exact) mass is 311 g/mol. The van der Waals surface area contributed by atoms with Gasteiger partial charge in [-0.2, -0.15) is 0 Å². The van der Waals surface area contributed by atoms with Crippen LogP contribution in [0.15, 0.2) is 48.5 Å². The number of hydrogen-bond donors (Lipinski definition) is 1. The van der Waals surface area contributed by atoms with E-state index < -0.39 is 6.10 Å². The normalized spacial score (nSPS) is 13.2. The topological polar surface area (TPSA) is 38.3 Å². The molecule has 0 radical (unpaired) electrons. The minimum Gasteiger partial charge on any atom is -0.481 e. The molecule has 3 nitrogen and oxygen atoms in total. The summed E-state index contributed by atoms with van der Waals surface area (Å²) in [7, 11) is 0. The van der Waals surface area contributed by atoms with Crippen molar-refractivity contribution in [3.05, 3.63) is 65.2 Å². The van der Waals surface area contributed by atoms with Crippen LogP contribution in [0.5, 0.6) is 5.75 Å². The van der Waals surface area contributed by atoms with Gasteiger partial charge in [-0.1, -0.05) is 48.9 Å². The molecule has 23 heavy (non-hydrogen) atoms. The highest BCUT2D eigenvalue weighted by Crippen LogP contribution is 2.18. The van der Waals surface area contributed by atoms with Crippen LogP contribution in [0.4, 0.5) is 0 Å². The molecule has 0 saturated carbocycles. The lowest BCUT2D eigenvalue weighted by atomic mass is 10.0. The summed E-state index contributed by atoms with van der Waals surface area (Å²) in [6.07, 6.45) is 0.308. The van der Waals surface area contributed by atoms with Crippen LogP contribution in [0, 0.1) is 13.8 Å². The molecule has 2 aromatic carbocycles. The molecule has 0 spiro atoms. The molecule has 2 rings (SSSR count). The van der Waals surface area contributed by atoms with Crippen LogP contribution in [0.1, 0.15) is 43.0 Å². The van der Waals surface area contributed by atoms with E-state index in [1.54, 1.807) is 6.92 Å². The maximum absolute atomic E-state index is 12.4. The SMILES string of the molecule is CC[C@H](NC(=O)[C@H](C)Oc1cccc(C)c1)c1ccc(C)cc1. The highest BCUT2D eigenvalue weighted by atomic mass is 16.5. The van der Waals surface area contributed by atoms with Crippen LogP contribution in [-0.4, -0.2) is 12.0 Å². The summed E-state index contributed by atoms with van der Waals surface area (Å²) in [5.74, 6) is 0.620. The third-order valence-corrected chi connectivity index (χ3v) is 3.88. The van der Waals surface area contributed by atoms with E-state index in [4.69, 9.17) is 4.74 Å². The first-order chi connectivity index (χ1) is 11.0. The number of nitrogens with one attached hydrogen (secondary N) is 1. The first kappa shape index (κ1) is 17.1. The second-order valence-corrected chi connectivity index (χ2v) is 5.96. The molecule has 0 fully saturated rings. The summed E-state index contributed by atoms with van der Waals surface area (Å²) in [5.41, 5.74) is 3.45. The number of ether oxygens (including phenoxy) is 1. The lowest BCUT2D eigenvalue weighted by Crippen LogP contribution is -2.38. The summed E-state index contributed by atoms with van der Waals surface area (Å²) in [6, 6.07) is 16.0. The summed E-state index contributed by atoms with van der Waals surface area (Å²) in [6.45, 7) is 7.90. The molecule has 2 aromatic rings. The maximum atomic E-state index is 12.4. The second kappa shape index (κ2) is 7.82. The number of carbonyl (C=O) groups excluding carboxylic acids is 1. The number of amides is 1. The Morgan fingerprint density at radius 1 is 1.09 bits per heavy atom. The fraction of sp³-hybridized carbons (Fsp3) is 0.350. The predicted molar refractivity (Wildman–Crippen MR) is 93.6 cm³/mol. The lowest BCUT2D eigenvalue weighted by Gasteiger charge is -2.21. The van der Waals surface area contributed by atoms with Crippen molar-refractivity contribution in [3.63, 3.8) is 0 Å². The Labute approximate surface area is 138 Å². The molecule has 1 amide bonds. The van der Waals surface area contributed by atoms with Crippen LogP contribution in [-0.2, 0) is 4.79 Å². The zero-order chi connectivity index (χ0) is 16.8. The molecule has 0 bridgehead atoms. The second-order valence-electron chi connectivity index (χ2n) is 5.96. The zero-order valence-corrected chi connectivity index (χ0v) is 14.3. The quantitative estimate of drug-likeness (QED) is 0.862. The van der Waals surface area contributed by atoms with Crippen molar-refractivity contribution in [2.45, 2.75) is 46.3 Å². The van der Waals surface area contributed by atoms with Gasteiger partial charge in [0.25, 0.3) is 5.91 Å². The van der Waals surface area contributed by atoms with Crippen LogP contribution in [0.2, 0.25) is 0 Å². The van der Waals surface area contributed by atoms with Crippen LogP contribution in [0.3, 0.4) is 0 Å². The number of carbonyl (C=O) groups is 1. The molecule has 3 heteroatoms. The summed E-state index contributed by atoms with van der Waals surface area (Å²) in [5, 5.41) is 3.07. The molecule has 0 heterocycles. The molecule has 2 atom stereocenters. The van der Waals surface area contributed by atoms with E-state index in [-0.39, 0.29) is 11.9 Å². The van der Waals surface area contributed by atoms with Gasteiger partial charge in [-0.05, 0) is 50.5 Å². The third kappa shape index (κ3) is 4.85. The Hall–Kier alpha value is -2.29. The highest BCUT2D eigenvalue weighted by Gasteiger charge is 2.19.